The molecule has 0 spiro atoms. The molecule has 0 radical (unpaired) electrons. The van der Waals surface area contributed by atoms with Gasteiger partial charge in [0.2, 0.25) is 8.32 Å². The van der Waals surface area contributed by atoms with Gasteiger partial charge in [0.1, 0.15) is 0 Å². The van der Waals surface area contributed by atoms with Crippen LogP contribution in [0.25, 0.3) is 0 Å². The van der Waals surface area contributed by atoms with Crippen molar-refractivity contribution in [1.29, 1.82) is 0 Å². The Labute approximate surface area is 163 Å². The third-order valence-corrected chi connectivity index (χ3v) is 13.9. The number of rotatable bonds is 7. The maximum atomic E-state index is 6.94. The highest BCUT2D eigenvalue weighted by molar-refractivity contribution is 6.78. The van der Waals surface area contributed by atoms with Crippen LogP contribution in [0.4, 0.5) is 0 Å². The zero-order valence-electron chi connectivity index (χ0n) is 17.9. The minimum atomic E-state index is -1.94. The third-order valence-electron chi connectivity index (χ3n) is 7.99. The van der Waals surface area contributed by atoms with Crippen LogP contribution in [0.5, 0.6) is 0 Å². The predicted octanol–water partition coefficient (Wildman–Crippen LogP) is 8.07. The Morgan fingerprint density at radius 2 is 1.00 bits per heavy atom. The Hall–Kier alpha value is 0.137. The van der Waals surface area contributed by atoms with E-state index in [4.69, 9.17) is 9.46 Å². The highest BCUT2D eigenvalue weighted by Gasteiger charge is 2.56. The molecule has 0 saturated heterocycles. The van der Waals surface area contributed by atoms with Crippen LogP contribution >= 0.6 is 0 Å². The van der Waals surface area contributed by atoms with Crippen LogP contribution < -0.4 is 0 Å². The molecule has 0 aromatic rings. The summed E-state index contributed by atoms with van der Waals surface area (Å²) in [4.78, 5) is 6.37. The van der Waals surface area contributed by atoms with Crippen LogP contribution in [0.1, 0.15) is 124 Å². The molecule has 0 amide bonds. The second-order valence-electron chi connectivity index (χ2n) is 10.1. The lowest BCUT2D eigenvalue weighted by Crippen LogP contribution is -2.54. The van der Waals surface area contributed by atoms with E-state index in [1.54, 1.807) is 0 Å². The summed E-state index contributed by atoms with van der Waals surface area (Å²) in [7, 11) is -1.94. The summed E-state index contributed by atoms with van der Waals surface area (Å²) < 4.78 is 6.94. The Kier molecular flexibility index (Phi) is 7.67. The van der Waals surface area contributed by atoms with Crippen LogP contribution in [0.3, 0.4) is 0 Å². The van der Waals surface area contributed by atoms with Gasteiger partial charge in [-0.05, 0) is 36.9 Å². The molecule has 0 bridgehead atoms. The largest absolute Gasteiger partial charge is 0.285 e. The first-order valence-corrected chi connectivity index (χ1v) is 14.1. The topological polar surface area (TPSA) is 18.5 Å². The van der Waals surface area contributed by atoms with Crippen molar-refractivity contribution in [1.82, 2.24) is 0 Å². The van der Waals surface area contributed by atoms with Crippen LogP contribution in [-0.4, -0.2) is 13.9 Å². The van der Waals surface area contributed by atoms with Crippen molar-refractivity contribution < 1.29 is 9.46 Å². The second kappa shape index (κ2) is 9.56. The highest BCUT2D eigenvalue weighted by atomic mass is 28.4. The van der Waals surface area contributed by atoms with Crippen LogP contribution in [0, 0.1) is 0 Å². The van der Waals surface area contributed by atoms with Crippen molar-refractivity contribution in [2.75, 3.05) is 0 Å². The van der Waals surface area contributed by atoms with Crippen LogP contribution in [-0.2, 0) is 9.46 Å². The molecule has 0 atom stereocenters. The molecule has 0 heterocycles. The fourth-order valence-electron chi connectivity index (χ4n) is 6.11. The summed E-state index contributed by atoms with van der Waals surface area (Å²) in [5, 5.41) is 0. The van der Waals surface area contributed by atoms with E-state index in [1.165, 1.54) is 96.3 Å². The third kappa shape index (κ3) is 4.75. The van der Waals surface area contributed by atoms with Gasteiger partial charge in [0, 0.05) is 0 Å². The smallest absolute Gasteiger partial charge is 0.248 e. The van der Waals surface area contributed by atoms with Gasteiger partial charge >= 0.3 is 0 Å². The zero-order chi connectivity index (χ0) is 18.5. The van der Waals surface area contributed by atoms with Crippen molar-refractivity contribution in [2.24, 2.45) is 0 Å². The van der Waals surface area contributed by atoms with Crippen LogP contribution in [0.2, 0.25) is 16.6 Å². The first-order valence-electron chi connectivity index (χ1n) is 12.0. The molecule has 3 fully saturated rings. The predicted molar refractivity (Wildman–Crippen MR) is 113 cm³/mol. The van der Waals surface area contributed by atoms with E-state index in [-0.39, 0.29) is 5.60 Å². The number of hydrogen-bond donors (Lipinski definition) is 0. The molecule has 3 rings (SSSR count). The molecule has 3 aliphatic carbocycles. The highest BCUT2D eigenvalue weighted by Crippen LogP contribution is 2.57. The summed E-state index contributed by atoms with van der Waals surface area (Å²) in [5.74, 6) is 0. The maximum absolute atomic E-state index is 6.94. The molecule has 0 aromatic heterocycles. The minimum Gasteiger partial charge on any atom is -0.285 e. The average Bonchev–Trinajstić information content (AvgIpc) is 2.71. The quantitative estimate of drug-likeness (QED) is 0.252. The normalized spacial score (nSPS) is 25.5. The summed E-state index contributed by atoms with van der Waals surface area (Å²) in [6.45, 7) is 6.66. The molecule has 2 nitrogen and oxygen atoms in total. The van der Waals surface area contributed by atoms with Crippen molar-refractivity contribution >= 4 is 8.32 Å². The summed E-state index contributed by atoms with van der Waals surface area (Å²) in [5.41, 5.74) is 2.43. The van der Waals surface area contributed by atoms with Crippen molar-refractivity contribution in [2.45, 2.75) is 146 Å². The lowest BCUT2D eigenvalue weighted by molar-refractivity contribution is -0.296. The van der Waals surface area contributed by atoms with E-state index < -0.39 is 8.32 Å². The van der Waals surface area contributed by atoms with Gasteiger partial charge < -0.3 is 0 Å². The molecular weight excluding hydrogens is 336 g/mol. The van der Waals surface area contributed by atoms with Gasteiger partial charge in [-0.1, -0.05) is 103 Å². The van der Waals surface area contributed by atoms with Gasteiger partial charge in [0.25, 0.3) is 0 Å². The molecule has 152 valence electrons. The molecule has 0 unspecified atom stereocenters. The second-order valence-corrected chi connectivity index (χ2v) is 14.5. The molecule has 3 aliphatic rings. The molecule has 26 heavy (non-hydrogen) atoms. The van der Waals surface area contributed by atoms with E-state index >= 15 is 0 Å². The van der Waals surface area contributed by atoms with Crippen molar-refractivity contribution in [3.8, 4) is 0 Å². The molecule has 0 N–H and O–H groups in total. The first-order chi connectivity index (χ1) is 12.6. The first kappa shape index (κ1) is 20.9. The monoisotopic (exact) mass is 380 g/mol. The molecule has 3 saturated carbocycles. The molecule has 0 aromatic carbocycles. The Balaban J connectivity index is 1.90. The van der Waals surface area contributed by atoms with Gasteiger partial charge in [0.15, 0.2) is 0 Å². The summed E-state index contributed by atoms with van der Waals surface area (Å²) in [6, 6.07) is 0. The van der Waals surface area contributed by atoms with Gasteiger partial charge in [-0.25, -0.2) is 4.89 Å². The molecule has 3 heteroatoms. The van der Waals surface area contributed by atoms with E-state index in [1.807, 2.05) is 0 Å². The van der Waals surface area contributed by atoms with Crippen molar-refractivity contribution in [3.05, 3.63) is 0 Å². The fourth-order valence-corrected chi connectivity index (χ4v) is 12.8. The standard InChI is InChI=1S/C23H44O2Si/c1-4-23(2,3)24-25-26(20-14-8-5-9-15-20,21-16-10-6-11-17-21)22-18-12-7-13-19-22/h20-22H,4-19H2,1-3H3. The summed E-state index contributed by atoms with van der Waals surface area (Å²) in [6.07, 6.45) is 22.5. The molecule has 0 aliphatic heterocycles. The fraction of sp³-hybridized carbons (Fsp3) is 1.00. The lowest BCUT2D eigenvalue weighted by Gasteiger charge is -2.51. The van der Waals surface area contributed by atoms with Crippen LogP contribution in [0.15, 0.2) is 0 Å². The van der Waals surface area contributed by atoms with Gasteiger partial charge in [-0.2, -0.15) is 0 Å². The zero-order valence-corrected chi connectivity index (χ0v) is 18.9. The van der Waals surface area contributed by atoms with Gasteiger partial charge in [-0.15, -0.1) is 0 Å². The van der Waals surface area contributed by atoms with Gasteiger partial charge in [0.05, 0.1) is 5.60 Å². The van der Waals surface area contributed by atoms with E-state index in [9.17, 15) is 0 Å². The molecular formula is C23H44O2Si. The average molecular weight is 381 g/mol. The Morgan fingerprint density at radius 1 is 0.654 bits per heavy atom. The van der Waals surface area contributed by atoms with E-state index in [0.717, 1.165) is 23.0 Å². The Morgan fingerprint density at radius 3 is 1.31 bits per heavy atom. The van der Waals surface area contributed by atoms with Gasteiger partial charge in [-0.3, -0.25) is 4.58 Å². The van der Waals surface area contributed by atoms with Crippen molar-refractivity contribution in [3.63, 3.8) is 0 Å². The lowest BCUT2D eigenvalue weighted by atomic mass is 9.98. The Bertz CT molecular complexity index is 359. The minimum absolute atomic E-state index is 0.143. The van der Waals surface area contributed by atoms with E-state index in [0.29, 0.717) is 0 Å². The SMILES string of the molecule is CCC(C)(C)OO[Si](C1CCCCC1)(C1CCCCC1)C1CCCCC1. The number of hydrogen-bond acceptors (Lipinski definition) is 2. The van der Waals surface area contributed by atoms with E-state index in [2.05, 4.69) is 20.8 Å². The maximum Gasteiger partial charge on any atom is 0.248 e. The summed E-state index contributed by atoms with van der Waals surface area (Å²) >= 11 is 0.